The van der Waals surface area contributed by atoms with Gasteiger partial charge in [-0.2, -0.15) is 0 Å². The van der Waals surface area contributed by atoms with Crippen molar-refractivity contribution < 1.29 is 9.21 Å². The Morgan fingerprint density at radius 1 is 1.18 bits per heavy atom. The van der Waals surface area contributed by atoms with E-state index in [9.17, 15) is 4.79 Å². The van der Waals surface area contributed by atoms with Crippen LogP contribution in [0.15, 0.2) is 40.9 Å². The van der Waals surface area contributed by atoms with Crippen LogP contribution < -0.4 is 0 Å². The van der Waals surface area contributed by atoms with Gasteiger partial charge in [0.1, 0.15) is 0 Å². The van der Waals surface area contributed by atoms with E-state index in [1.165, 1.54) is 0 Å². The van der Waals surface area contributed by atoms with Gasteiger partial charge in [0.25, 0.3) is 5.89 Å². The number of carbonyl (C=O) groups is 1. The maximum absolute atomic E-state index is 12.6. The first-order valence-corrected chi connectivity index (χ1v) is 7.36. The highest BCUT2D eigenvalue weighted by Crippen LogP contribution is 2.24. The van der Waals surface area contributed by atoms with E-state index in [0.29, 0.717) is 11.8 Å². The second-order valence-electron chi connectivity index (χ2n) is 5.64. The lowest BCUT2D eigenvalue weighted by Gasteiger charge is -2.33. The maximum Gasteiger partial charge on any atom is 0.310 e. The summed E-state index contributed by atoms with van der Waals surface area (Å²) in [7, 11) is 0. The molecule has 0 saturated carbocycles. The number of rotatable bonds is 2. The summed E-state index contributed by atoms with van der Waals surface area (Å²) < 4.78 is 5.68. The van der Waals surface area contributed by atoms with Crippen molar-refractivity contribution in [3.8, 4) is 11.3 Å². The third kappa shape index (κ3) is 2.62. The van der Waals surface area contributed by atoms with Crippen molar-refractivity contribution in [2.24, 2.45) is 0 Å². The van der Waals surface area contributed by atoms with Crippen LogP contribution in [0, 0.1) is 0 Å². The summed E-state index contributed by atoms with van der Waals surface area (Å²) in [5.74, 6) is 0.766. The fraction of sp³-hybridized carbons (Fsp3) is 0.375. The number of amides is 1. The van der Waals surface area contributed by atoms with Crippen LogP contribution in [0.4, 0.5) is 0 Å². The summed E-state index contributed by atoms with van der Waals surface area (Å²) in [6, 6.07) is 10.0. The molecule has 1 aromatic heterocycles. The zero-order chi connectivity index (χ0) is 14.2. The van der Waals surface area contributed by atoms with Gasteiger partial charge in [-0.05, 0) is 6.42 Å². The van der Waals surface area contributed by atoms with E-state index >= 15 is 0 Å². The molecule has 4 rings (SSSR count). The number of aromatic nitrogens is 1. The fourth-order valence-electron chi connectivity index (χ4n) is 3.20. The average Bonchev–Trinajstić information content (AvgIpc) is 3.15. The van der Waals surface area contributed by atoms with E-state index in [0.717, 1.165) is 38.2 Å². The molecule has 116 valence electrons. The number of halogens is 1. The Morgan fingerprint density at radius 3 is 2.82 bits per heavy atom. The number of piperazine rings is 1. The molecule has 3 heterocycles. The largest absolute Gasteiger partial charge is 0.432 e. The minimum absolute atomic E-state index is 0. The Balaban J connectivity index is 0.00000144. The molecule has 1 aromatic carbocycles. The van der Waals surface area contributed by atoms with E-state index in [-0.39, 0.29) is 24.2 Å². The highest BCUT2D eigenvalue weighted by Gasteiger charge is 2.36. The van der Waals surface area contributed by atoms with E-state index in [1.54, 1.807) is 6.20 Å². The quantitative estimate of drug-likeness (QED) is 0.852. The molecule has 6 heteroatoms. The van der Waals surface area contributed by atoms with Gasteiger partial charge < -0.3 is 9.32 Å². The van der Waals surface area contributed by atoms with Crippen LogP contribution in [-0.4, -0.2) is 52.9 Å². The molecular weight excluding hydrogens is 302 g/mol. The van der Waals surface area contributed by atoms with Gasteiger partial charge in [-0.3, -0.25) is 9.69 Å². The second kappa shape index (κ2) is 6.10. The normalized spacial score (nSPS) is 23.2. The SMILES string of the molecule is Cl.O=C(c1ncc(-c2ccccc2)o1)N1CCN2CC[C@@H]1C2. The number of nitrogens with zero attached hydrogens (tertiary/aromatic N) is 3. The Hall–Kier alpha value is -1.85. The zero-order valence-electron chi connectivity index (χ0n) is 12.1. The molecule has 5 nitrogen and oxygen atoms in total. The molecule has 2 fully saturated rings. The lowest BCUT2D eigenvalue weighted by atomic mass is 10.2. The Kier molecular flexibility index (Phi) is 4.18. The molecule has 1 amide bonds. The van der Waals surface area contributed by atoms with Crippen molar-refractivity contribution in [3.63, 3.8) is 0 Å². The van der Waals surface area contributed by atoms with Crippen molar-refractivity contribution in [3.05, 3.63) is 42.4 Å². The minimum Gasteiger partial charge on any atom is -0.432 e. The fourth-order valence-corrected chi connectivity index (χ4v) is 3.20. The van der Waals surface area contributed by atoms with Crippen LogP contribution in [-0.2, 0) is 0 Å². The first-order chi connectivity index (χ1) is 10.3. The van der Waals surface area contributed by atoms with E-state index in [1.807, 2.05) is 35.2 Å². The number of oxazole rings is 1. The molecule has 2 saturated heterocycles. The highest BCUT2D eigenvalue weighted by atomic mass is 35.5. The molecule has 2 atom stereocenters. The van der Waals surface area contributed by atoms with Gasteiger partial charge in [-0.15, -0.1) is 12.4 Å². The van der Waals surface area contributed by atoms with Gasteiger partial charge in [-0.25, -0.2) is 4.98 Å². The van der Waals surface area contributed by atoms with Crippen LogP contribution >= 0.6 is 12.4 Å². The first kappa shape index (κ1) is 15.1. The van der Waals surface area contributed by atoms with Crippen LogP contribution in [0.3, 0.4) is 0 Å². The highest BCUT2D eigenvalue weighted by molar-refractivity contribution is 5.90. The third-order valence-electron chi connectivity index (χ3n) is 4.35. The first-order valence-electron chi connectivity index (χ1n) is 7.36. The third-order valence-corrected chi connectivity index (χ3v) is 4.35. The van der Waals surface area contributed by atoms with Crippen molar-refractivity contribution in [1.29, 1.82) is 0 Å². The van der Waals surface area contributed by atoms with Crippen LogP contribution in [0.2, 0.25) is 0 Å². The minimum atomic E-state index is -0.0799. The van der Waals surface area contributed by atoms with Crippen molar-refractivity contribution >= 4 is 18.3 Å². The van der Waals surface area contributed by atoms with Crippen molar-refractivity contribution in [2.45, 2.75) is 12.5 Å². The standard InChI is InChI=1S/C16H17N3O2.ClH/c20-16(19-9-8-18-7-6-13(19)11-18)15-17-10-14(21-15)12-4-2-1-3-5-12;/h1-5,10,13H,6-9,11H2;1H/t13-;/m1./s1. The maximum atomic E-state index is 12.6. The molecule has 2 aliphatic heterocycles. The molecular formula is C16H18ClN3O2. The smallest absolute Gasteiger partial charge is 0.310 e. The topological polar surface area (TPSA) is 49.6 Å². The monoisotopic (exact) mass is 319 g/mol. The predicted octanol–water partition coefficient (Wildman–Crippen LogP) is 2.29. The zero-order valence-corrected chi connectivity index (χ0v) is 13.0. The summed E-state index contributed by atoms with van der Waals surface area (Å²) in [6.45, 7) is 3.80. The van der Waals surface area contributed by atoms with E-state index in [2.05, 4.69) is 9.88 Å². The van der Waals surface area contributed by atoms with Gasteiger partial charge in [0.05, 0.1) is 6.20 Å². The van der Waals surface area contributed by atoms with E-state index < -0.39 is 0 Å². The Labute approximate surface area is 135 Å². The molecule has 0 aliphatic carbocycles. The molecule has 22 heavy (non-hydrogen) atoms. The van der Waals surface area contributed by atoms with E-state index in [4.69, 9.17) is 4.42 Å². The number of fused-ring (bicyclic) bond motifs is 2. The summed E-state index contributed by atoms with van der Waals surface area (Å²) in [5.41, 5.74) is 0.940. The van der Waals surface area contributed by atoms with Crippen LogP contribution in [0.1, 0.15) is 17.1 Å². The Morgan fingerprint density at radius 2 is 2.00 bits per heavy atom. The molecule has 2 aromatic rings. The van der Waals surface area contributed by atoms with Gasteiger partial charge >= 0.3 is 5.91 Å². The molecule has 1 unspecified atom stereocenters. The molecule has 0 spiro atoms. The number of hydrogen-bond acceptors (Lipinski definition) is 4. The van der Waals surface area contributed by atoms with Gasteiger partial charge in [0, 0.05) is 37.8 Å². The van der Waals surface area contributed by atoms with Crippen molar-refractivity contribution in [1.82, 2.24) is 14.8 Å². The number of carbonyl (C=O) groups excluding carboxylic acids is 1. The van der Waals surface area contributed by atoms with Gasteiger partial charge in [0.15, 0.2) is 5.76 Å². The summed E-state index contributed by atoms with van der Waals surface area (Å²) in [4.78, 5) is 21.1. The van der Waals surface area contributed by atoms with Gasteiger partial charge in [-0.1, -0.05) is 30.3 Å². The molecule has 2 aliphatic rings. The lowest BCUT2D eigenvalue weighted by Crippen LogP contribution is -2.49. The number of benzene rings is 1. The lowest BCUT2D eigenvalue weighted by molar-refractivity contribution is 0.0570. The van der Waals surface area contributed by atoms with Crippen LogP contribution in [0.5, 0.6) is 0 Å². The summed E-state index contributed by atoms with van der Waals surface area (Å²) >= 11 is 0. The summed E-state index contributed by atoms with van der Waals surface area (Å²) in [6.07, 6.45) is 2.69. The molecule has 0 N–H and O–H groups in total. The number of hydrogen-bond donors (Lipinski definition) is 0. The van der Waals surface area contributed by atoms with Gasteiger partial charge in [0.2, 0.25) is 0 Å². The predicted molar refractivity (Wildman–Crippen MR) is 85.1 cm³/mol. The van der Waals surface area contributed by atoms with Crippen molar-refractivity contribution in [2.75, 3.05) is 26.2 Å². The average molecular weight is 320 g/mol. The Bertz CT molecular complexity index is 658. The molecule has 0 radical (unpaired) electrons. The molecule has 2 bridgehead atoms. The summed E-state index contributed by atoms with van der Waals surface area (Å²) in [5, 5.41) is 0. The second-order valence-corrected chi connectivity index (χ2v) is 5.64. The van der Waals surface area contributed by atoms with Crippen LogP contribution in [0.25, 0.3) is 11.3 Å².